The van der Waals surface area contributed by atoms with Gasteiger partial charge in [0, 0.05) is 0 Å². The normalized spacial score (nSPS) is 12.6. The van der Waals surface area contributed by atoms with Crippen LogP contribution in [-0.4, -0.2) is 26.7 Å². The smallest absolute Gasteiger partial charge is 0.113 e. The first-order chi connectivity index (χ1) is 7.26. The van der Waals surface area contributed by atoms with Crippen molar-refractivity contribution in [1.29, 1.82) is 5.26 Å². The number of benzene rings is 1. The van der Waals surface area contributed by atoms with Crippen LogP contribution in [-0.2, 0) is 0 Å². The SMILES string of the molecule is CC(CO)n1nnc2ccc(C#N)cc21. The molecule has 0 aliphatic heterocycles. The highest BCUT2D eigenvalue weighted by Crippen LogP contribution is 2.16. The fraction of sp³-hybridized carbons (Fsp3) is 0.300. The summed E-state index contributed by atoms with van der Waals surface area (Å²) in [4.78, 5) is 0. The molecule has 0 radical (unpaired) electrons. The number of aliphatic hydroxyl groups excluding tert-OH is 1. The lowest BCUT2D eigenvalue weighted by Gasteiger charge is -2.08. The molecule has 1 aromatic carbocycles. The molecule has 1 atom stereocenters. The number of aliphatic hydroxyl groups is 1. The number of rotatable bonds is 2. The monoisotopic (exact) mass is 202 g/mol. The second kappa shape index (κ2) is 3.67. The van der Waals surface area contributed by atoms with Crippen LogP contribution >= 0.6 is 0 Å². The fourth-order valence-electron chi connectivity index (χ4n) is 1.41. The van der Waals surface area contributed by atoms with Crippen LogP contribution in [0.3, 0.4) is 0 Å². The lowest BCUT2D eigenvalue weighted by molar-refractivity contribution is 0.231. The molecule has 5 nitrogen and oxygen atoms in total. The van der Waals surface area contributed by atoms with Gasteiger partial charge in [0.25, 0.3) is 0 Å². The molecule has 1 aromatic heterocycles. The van der Waals surface area contributed by atoms with Crippen LogP contribution in [0.15, 0.2) is 18.2 Å². The zero-order chi connectivity index (χ0) is 10.8. The second-order valence-electron chi connectivity index (χ2n) is 3.38. The summed E-state index contributed by atoms with van der Waals surface area (Å²) in [5.41, 5.74) is 2.07. The topological polar surface area (TPSA) is 74.7 Å². The number of fused-ring (bicyclic) bond motifs is 1. The summed E-state index contributed by atoms with van der Waals surface area (Å²) in [5, 5.41) is 25.7. The summed E-state index contributed by atoms with van der Waals surface area (Å²) >= 11 is 0. The number of nitriles is 1. The molecule has 0 bridgehead atoms. The van der Waals surface area contributed by atoms with Crippen LogP contribution < -0.4 is 0 Å². The maximum atomic E-state index is 9.04. The van der Waals surface area contributed by atoms with Crippen LogP contribution in [0.25, 0.3) is 11.0 Å². The molecule has 1 unspecified atom stereocenters. The summed E-state index contributed by atoms with van der Waals surface area (Å²) in [7, 11) is 0. The Kier molecular flexibility index (Phi) is 2.35. The van der Waals surface area contributed by atoms with Gasteiger partial charge in [-0.3, -0.25) is 0 Å². The van der Waals surface area contributed by atoms with E-state index in [1.54, 1.807) is 22.9 Å². The minimum Gasteiger partial charge on any atom is -0.394 e. The minimum atomic E-state index is -0.135. The van der Waals surface area contributed by atoms with Gasteiger partial charge in [-0.1, -0.05) is 5.21 Å². The molecular formula is C10H10N4O. The molecule has 1 heterocycles. The average molecular weight is 202 g/mol. The number of hydrogen-bond donors (Lipinski definition) is 1. The highest BCUT2D eigenvalue weighted by atomic mass is 16.3. The van der Waals surface area contributed by atoms with Crippen molar-refractivity contribution in [2.75, 3.05) is 6.61 Å². The lowest BCUT2D eigenvalue weighted by Crippen LogP contribution is -2.10. The Bertz CT molecular complexity index is 526. The van der Waals surface area contributed by atoms with Crippen molar-refractivity contribution in [2.45, 2.75) is 13.0 Å². The number of nitrogens with zero attached hydrogens (tertiary/aromatic N) is 4. The Morgan fingerprint density at radius 2 is 2.40 bits per heavy atom. The third-order valence-corrected chi connectivity index (χ3v) is 2.28. The van der Waals surface area contributed by atoms with Gasteiger partial charge in [-0.2, -0.15) is 5.26 Å². The lowest BCUT2D eigenvalue weighted by atomic mass is 10.2. The highest BCUT2D eigenvalue weighted by Gasteiger charge is 2.10. The van der Waals surface area contributed by atoms with Crippen molar-refractivity contribution >= 4 is 11.0 Å². The largest absolute Gasteiger partial charge is 0.394 e. The van der Waals surface area contributed by atoms with Crippen LogP contribution in [0.2, 0.25) is 0 Å². The van der Waals surface area contributed by atoms with E-state index in [2.05, 4.69) is 16.4 Å². The molecule has 76 valence electrons. The van der Waals surface area contributed by atoms with E-state index in [-0.39, 0.29) is 12.6 Å². The summed E-state index contributed by atoms with van der Waals surface area (Å²) in [6, 6.07) is 7.10. The highest BCUT2D eigenvalue weighted by molar-refractivity contribution is 5.76. The van der Waals surface area contributed by atoms with Crippen molar-refractivity contribution in [2.24, 2.45) is 0 Å². The van der Waals surface area contributed by atoms with E-state index in [0.29, 0.717) is 5.56 Å². The number of hydrogen-bond acceptors (Lipinski definition) is 4. The van der Waals surface area contributed by atoms with E-state index in [0.717, 1.165) is 11.0 Å². The molecule has 0 amide bonds. The molecule has 15 heavy (non-hydrogen) atoms. The van der Waals surface area contributed by atoms with Gasteiger partial charge in [-0.25, -0.2) is 4.68 Å². The minimum absolute atomic E-state index is 0.00472. The summed E-state index contributed by atoms with van der Waals surface area (Å²) in [5.74, 6) is 0. The Labute approximate surface area is 86.6 Å². The van der Waals surface area contributed by atoms with Gasteiger partial charge in [0.15, 0.2) is 0 Å². The third-order valence-electron chi connectivity index (χ3n) is 2.28. The maximum absolute atomic E-state index is 9.04. The van der Waals surface area contributed by atoms with Crippen LogP contribution in [0.1, 0.15) is 18.5 Å². The molecule has 5 heteroatoms. The van der Waals surface area contributed by atoms with Crippen molar-refractivity contribution in [3.05, 3.63) is 23.8 Å². The molecular weight excluding hydrogens is 192 g/mol. The van der Waals surface area contributed by atoms with E-state index in [1.165, 1.54) is 0 Å². The third kappa shape index (κ3) is 1.55. The van der Waals surface area contributed by atoms with E-state index in [1.807, 2.05) is 6.92 Å². The van der Waals surface area contributed by atoms with Crippen molar-refractivity contribution < 1.29 is 5.11 Å². The summed E-state index contributed by atoms with van der Waals surface area (Å²) in [6.07, 6.45) is 0. The van der Waals surface area contributed by atoms with E-state index < -0.39 is 0 Å². The van der Waals surface area contributed by atoms with Crippen LogP contribution in [0.4, 0.5) is 0 Å². The predicted octanol–water partition coefficient (Wildman–Crippen LogP) is 0.856. The molecule has 0 aliphatic carbocycles. The standard InChI is InChI=1S/C10H10N4O/c1-7(6-15)14-10-4-8(5-11)2-3-9(10)12-13-14/h2-4,7,15H,6H2,1H3. The van der Waals surface area contributed by atoms with Gasteiger partial charge in [0.1, 0.15) is 5.52 Å². The number of aromatic nitrogens is 3. The van der Waals surface area contributed by atoms with Gasteiger partial charge in [0.05, 0.1) is 29.8 Å². The Hall–Kier alpha value is -1.93. The first-order valence-electron chi connectivity index (χ1n) is 4.62. The Balaban J connectivity index is 2.62. The van der Waals surface area contributed by atoms with E-state index >= 15 is 0 Å². The molecule has 0 aliphatic rings. The second-order valence-corrected chi connectivity index (χ2v) is 3.38. The van der Waals surface area contributed by atoms with Gasteiger partial charge in [-0.15, -0.1) is 5.10 Å². The average Bonchev–Trinajstić information content (AvgIpc) is 2.70. The fourth-order valence-corrected chi connectivity index (χ4v) is 1.41. The summed E-state index contributed by atoms with van der Waals surface area (Å²) in [6.45, 7) is 1.84. The molecule has 0 spiro atoms. The zero-order valence-corrected chi connectivity index (χ0v) is 8.25. The Morgan fingerprint density at radius 1 is 1.60 bits per heavy atom. The van der Waals surface area contributed by atoms with E-state index in [9.17, 15) is 0 Å². The molecule has 0 saturated carbocycles. The Morgan fingerprint density at radius 3 is 3.07 bits per heavy atom. The molecule has 2 aromatic rings. The van der Waals surface area contributed by atoms with Gasteiger partial charge >= 0.3 is 0 Å². The molecule has 1 N–H and O–H groups in total. The maximum Gasteiger partial charge on any atom is 0.113 e. The van der Waals surface area contributed by atoms with Gasteiger partial charge in [0.2, 0.25) is 0 Å². The molecule has 0 saturated heterocycles. The van der Waals surface area contributed by atoms with Gasteiger partial charge < -0.3 is 5.11 Å². The van der Waals surface area contributed by atoms with Crippen LogP contribution in [0.5, 0.6) is 0 Å². The van der Waals surface area contributed by atoms with Crippen molar-refractivity contribution in [3.8, 4) is 6.07 Å². The first-order valence-corrected chi connectivity index (χ1v) is 4.62. The molecule has 2 rings (SSSR count). The summed E-state index contributed by atoms with van der Waals surface area (Å²) < 4.78 is 1.62. The van der Waals surface area contributed by atoms with Crippen LogP contribution in [0, 0.1) is 11.3 Å². The van der Waals surface area contributed by atoms with Crippen molar-refractivity contribution in [3.63, 3.8) is 0 Å². The zero-order valence-electron chi connectivity index (χ0n) is 8.25. The quantitative estimate of drug-likeness (QED) is 0.783. The van der Waals surface area contributed by atoms with Gasteiger partial charge in [-0.05, 0) is 25.1 Å². The molecule has 0 fully saturated rings. The van der Waals surface area contributed by atoms with Crippen molar-refractivity contribution in [1.82, 2.24) is 15.0 Å². The predicted molar refractivity (Wildman–Crippen MR) is 54.0 cm³/mol. The first kappa shape index (κ1) is 9.62. The van der Waals surface area contributed by atoms with E-state index in [4.69, 9.17) is 10.4 Å².